The number of pyridine rings is 1. The molecule has 1 amide bonds. The van der Waals surface area contributed by atoms with Gasteiger partial charge in [0.05, 0.1) is 6.04 Å². The van der Waals surface area contributed by atoms with E-state index in [1.165, 1.54) is 12.0 Å². The van der Waals surface area contributed by atoms with Gasteiger partial charge in [0.1, 0.15) is 5.70 Å². The fourth-order valence-corrected chi connectivity index (χ4v) is 2.64. The van der Waals surface area contributed by atoms with Crippen LogP contribution in [0.4, 0.5) is 5.69 Å². The molecule has 0 radical (unpaired) electrons. The van der Waals surface area contributed by atoms with Gasteiger partial charge in [-0.15, -0.1) is 0 Å². The van der Waals surface area contributed by atoms with Gasteiger partial charge in [-0.3, -0.25) is 9.78 Å². The Balaban J connectivity index is 1.59. The van der Waals surface area contributed by atoms with E-state index in [4.69, 9.17) is 0 Å². The molecule has 0 aromatic carbocycles. The molecule has 2 unspecified atom stereocenters. The number of nitrogens with one attached hydrogen (secondary N) is 3. The number of nitrogens with zero attached hydrogens (tertiary/aromatic N) is 1. The van der Waals surface area contributed by atoms with E-state index >= 15 is 0 Å². The van der Waals surface area contributed by atoms with E-state index in [-0.39, 0.29) is 11.9 Å². The summed E-state index contributed by atoms with van der Waals surface area (Å²) in [6, 6.07) is 3.83. The Morgan fingerprint density at radius 1 is 1.39 bits per heavy atom. The van der Waals surface area contributed by atoms with E-state index in [0.29, 0.717) is 11.6 Å². The average Bonchev–Trinajstić information content (AvgIpc) is 2.86. The van der Waals surface area contributed by atoms with Crippen LogP contribution in [0.25, 0.3) is 0 Å². The molecule has 1 aromatic heterocycles. The second-order valence-corrected chi connectivity index (χ2v) is 4.80. The molecule has 18 heavy (non-hydrogen) atoms. The minimum absolute atomic E-state index is 0.107. The molecule has 2 heterocycles. The Labute approximate surface area is 104 Å². The molecule has 1 saturated carbocycles. The minimum atomic E-state index is -0.107. The zero-order valence-electron chi connectivity index (χ0n) is 9.60. The van der Waals surface area contributed by atoms with Gasteiger partial charge in [0, 0.05) is 29.6 Å². The lowest BCUT2D eigenvalue weighted by atomic mass is 10.1. The van der Waals surface area contributed by atoms with Crippen molar-refractivity contribution in [2.24, 2.45) is 5.92 Å². The van der Waals surface area contributed by atoms with E-state index in [9.17, 15) is 4.79 Å². The van der Waals surface area contributed by atoms with Crippen LogP contribution in [-0.4, -0.2) is 16.9 Å². The predicted molar refractivity (Wildman–Crippen MR) is 66.1 cm³/mol. The standard InChI is InChI=1S/C13H12N4O/c18-13(15-8-1-3-14-4-2-8)12-10-6-7-5-9(7)11(10)16-17-12/h1-4,6,9,11,16-17H,5H2,(H,14,15,18). The Morgan fingerprint density at radius 2 is 2.22 bits per heavy atom. The van der Waals surface area contributed by atoms with Crippen molar-refractivity contribution in [2.75, 3.05) is 5.32 Å². The van der Waals surface area contributed by atoms with Crippen LogP contribution in [0.15, 0.2) is 47.4 Å². The number of rotatable bonds is 2. The van der Waals surface area contributed by atoms with Crippen molar-refractivity contribution < 1.29 is 4.79 Å². The van der Waals surface area contributed by atoms with Crippen molar-refractivity contribution in [2.45, 2.75) is 12.5 Å². The smallest absolute Gasteiger partial charge is 0.273 e. The van der Waals surface area contributed by atoms with Crippen LogP contribution in [-0.2, 0) is 4.79 Å². The number of carbonyl (C=O) groups excluding carboxylic acids is 1. The highest BCUT2D eigenvalue weighted by Crippen LogP contribution is 2.50. The number of hydrogen-bond acceptors (Lipinski definition) is 4. The number of hydrogen-bond donors (Lipinski definition) is 3. The Bertz CT molecular complexity index is 590. The summed E-state index contributed by atoms with van der Waals surface area (Å²) >= 11 is 0. The third-order valence-corrected chi connectivity index (χ3v) is 3.66. The van der Waals surface area contributed by atoms with E-state index in [1.807, 2.05) is 0 Å². The van der Waals surface area contributed by atoms with Gasteiger partial charge < -0.3 is 10.7 Å². The van der Waals surface area contributed by atoms with Crippen molar-refractivity contribution in [3.63, 3.8) is 0 Å². The van der Waals surface area contributed by atoms with Crippen LogP contribution < -0.4 is 16.2 Å². The fraction of sp³-hybridized carbons (Fsp3) is 0.231. The van der Waals surface area contributed by atoms with Crippen molar-refractivity contribution in [3.05, 3.63) is 47.4 Å². The number of amides is 1. The monoisotopic (exact) mass is 240 g/mol. The lowest BCUT2D eigenvalue weighted by Crippen LogP contribution is -2.35. The summed E-state index contributed by atoms with van der Waals surface area (Å²) in [6.07, 6.45) is 6.62. The zero-order chi connectivity index (χ0) is 12.1. The number of aromatic nitrogens is 1. The molecular weight excluding hydrogens is 228 g/mol. The Kier molecular flexibility index (Phi) is 1.87. The third-order valence-electron chi connectivity index (χ3n) is 3.66. The summed E-state index contributed by atoms with van der Waals surface area (Å²) in [5.41, 5.74) is 10.1. The van der Waals surface area contributed by atoms with E-state index < -0.39 is 0 Å². The van der Waals surface area contributed by atoms with Crippen molar-refractivity contribution in [1.29, 1.82) is 0 Å². The molecule has 1 fully saturated rings. The number of hydrazine groups is 1. The molecule has 0 bridgehead atoms. The van der Waals surface area contributed by atoms with Crippen molar-refractivity contribution >= 4 is 11.6 Å². The molecule has 4 rings (SSSR count). The summed E-state index contributed by atoms with van der Waals surface area (Å²) < 4.78 is 0. The molecule has 2 aliphatic carbocycles. The van der Waals surface area contributed by atoms with Crippen LogP contribution in [0, 0.1) is 5.92 Å². The molecule has 3 aliphatic rings. The molecular formula is C13H12N4O. The minimum Gasteiger partial charge on any atom is -0.321 e. The zero-order valence-corrected chi connectivity index (χ0v) is 9.60. The summed E-state index contributed by atoms with van der Waals surface area (Å²) in [6.45, 7) is 0. The summed E-state index contributed by atoms with van der Waals surface area (Å²) in [4.78, 5) is 16.1. The predicted octanol–water partition coefficient (Wildman–Crippen LogP) is 0.710. The second kappa shape index (κ2) is 3.43. The Morgan fingerprint density at radius 3 is 3.06 bits per heavy atom. The maximum atomic E-state index is 12.2. The van der Waals surface area contributed by atoms with Crippen LogP contribution in [0.5, 0.6) is 0 Å². The maximum absolute atomic E-state index is 12.2. The van der Waals surface area contributed by atoms with Gasteiger partial charge in [-0.2, -0.15) is 0 Å². The van der Waals surface area contributed by atoms with E-state index in [2.05, 4.69) is 27.2 Å². The van der Waals surface area contributed by atoms with Crippen LogP contribution in [0.2, 0.25) is 0 Å². The summed E-state index contributed by atoms with van der Waals surface area (Å²) in [5, 5.41) is 2.86. The first kappa shape index (κ1) is 9.85. The number of carbonyl (C=O) groups is 1. The molecule has 1 aromatic rings. The first-order valence-electron chi connectivity index (χ1n) is 6.00. The molecule has 3 N–H and O–H groups in total. The first-order valence-corrected chi connectivity index (χ1v) is 6.00. The highest BCUT2D eigenvalue weighted by molar-refractivity contribution is 6.04. The van der Waals surface area contributed by atoms with Crippen LogP contribution >= 0.6 is 0 Å². The van der Waals surface area contributed by atoms with Crippen LogP contribution in [0.3, 0.4) is 0 Å². The third kappa shape index (κ3) is 1.37. The van der Waals surface area contributed by atoms with Crippen molar-refractivity contribution in [3.8, 4) is 0 Å². The molecule has 0 spiro atoms. The molecule has 2 atom stereocenters. The molecule has 5 nitrogen and oxygen atoms in total. The van der Waals surface area contributed by atoms with Gasteiger partial charge in [0.2, 0.25) is 0 Å². The number of fused-ring (bicyclic) bond motifs is 3. The maximum Gasteiger partial charge on any atom is 0.273 e. The van der Waals surface area contributed by atoms with Crippen molar-refractivity contribution in [1.82, 2.24) is 15.8 Å². The summed E-state index contributed by atoms with van der Waals surface area (Å²) in [7, 11) is 0. The lowest BCUT2D eigenvalue weighted by molar-refractivity contribution is -0.113. The van der Waals surface area contributed by atoms with E-state index in [1.54, 1.807) is 24.5 Å². The molecule has 5 heteroatoms. The molecule has 0 saturated heterocycles. The van der Waals surface area contributed by atoms with Gasteiger partial charge in [-0.05, 0) is 18.6 Å². The number of anilines is 1. The quantitative estimate of drug-likeness (QED) is 0.712. The Hall–Kier alpha value is -2.14. The fourth-order valence-electron chi connectivity index (χ4n) is 2.64. The normalized spacial score (nSPS) is 27.2. The van der Waals surface area contributed by atoms with Gasteiger partial charge in [0.15, 0.2) is 0 Å². The first-order chi connectivity index (χ1) is 8.83. The highest BCUT2D eigenvalue weighted by Gasteiger charge is 2.48. The SMILES string of the molecule is O=C(Nc1ccncc1)C1=C2C=C3CC3C2NN1. The summed E-state index contributed by atoms with van der Waals surface area (Å²) in [5.74, 6) is 0.503. The largest absolute Gasteiger partial charge is 0.321 e. The molecule has 1 aliphatic heterocycles. The van der Waals surface area contributed by atoms with Crippen LogP contribution in [0.1, 0.15) is 6.42 Å². The lowest BCUT2D eigenvalue weighted by Gasteiger charge is -2.06. The van der Waals surface area contributed by atoms with Gasteiger partial charge >= 0.3 is 0 Å². The average molecular weight is 240 g/mol. The van der Waals surface area contributed by atoms with Gasteiger partial charge in [0.25, 0.3) is 5.91 Å². The van der Waals surface area contributed by atoms with Gasteiger partial charge in [-0.25, -0.2) is 5.43 Å². The molecule has 90 valence electrons. The van der Waals surface area contributed by atoms with E-state index in [0.717, 1.165) is 11.3 Å². The van der Waals surface area contributed by atoms with Gasteiger partial charge in [-0.1, -0.05) is 11.6 Å². The second-order valence-electron chi connectivity index (χ2n) is 4.80. The highest BCUT2D eigenvalue weighted by atomic mass is 16.2. The topological polar surface area (TPSA) is 66.0 Å².